The van der Waals surface area contributed by atoms with E-state index in [0.29, 0.717) is 5.56 Å². The first kappa shape index (κ1) is 21.9. The number of sulfonamides is 1. The van der Waals surface area contributed by atoms with Gasteiger partial charge in [-0.2, -0.15) is 4.31 Å². The number of nitrogens with two attached hydrogens (primary N) is 1. The van der Waals surface area contributed by atoms with Crippen molar-refractivity contribution in [2.75, 3.05) is 19.6 Å². The van der Waals surface area contributed by atoms with E-state index in [1.54, 1.807) is 24.3 Å². The second kappa shape index (κ2) is 8.94. The Morgan fingerprint density at radius 1 is 1.10 bits per heavy atom. The average Bonchev–Trinajstić information content (AvgIpc) is 2.72. The molecule has 0 spiro atoms. The summed E-state index contributed by atoms with van der Waals surface area (Å²) >= 11 is 3.30. The molecule has 1 fully saturated rings. The summed E-state index contributed by atoms with van der Waals surface area (Å²) in [5, 5.41) is 5.12. The minimum absolute atomic E-state index is 0.0342. The molecule has 4 N–H and O–H groups in total. The van der Waals surface area contributed by atoms with E-state index in [9.17, 15) is 22.8 Å². The van der Waals surface area contributed by atoms with Gasteiger partial charge < -0.3 is 16.4 Å². The van der Waals surface area contributed by atoms with Crippen molar-refractivity contribution in [3.05, 3.63) is 64.1 Å². The zero-order chi connectivity index (χ0) is 21.9. The van der Waals surface area contributed by atoms with Gasteiger partial charge in [-0.15, -0.1) is 0 Å². The summed E-state index contributed by atoms with van der Waals surface area (Å²) in [6.07, 6.45) is 0. The van der Waals surface area contributed by atoms with Crippen molar-refractivity contribution in [3.63, 3.8) is 0 Å². The zero-order valence-corrected chi connectivity index (χ0v) is 18.1. The number of piperazine rings is 1. The Labute approximate surface area is 181 Å². The zero-order valence-electron chi connectivity index (χ0n) is 15.7. The van der Waals surface area contributed by atoms with Gasteiger partial charge in [-0.3, -0.25) is 14.4 Å². The normalized spacial score (nSPS) is 15.8. The fourth-order valence-electron chi connectivity index (χ4n) is 2.94. The van der Waals surface area contributed by atoms with Crippen LogP contribution in [0, 0.1) is 0 Å². The first-order chi connectivity index (χ1) is 14.2. The van der Waals surface area contributed by atoms with Gasteiger partial charge in [0.25, 0.3) is 5.91 Å². The molecule has 11 heteroatoms. The maximum Gasteiger partial charge on any atom is 0.252 e. The fraction of sp³-hybridized carbons (Fsp3) is 0.211. The number of nitrogens with one attached hydrogen (secondary N) is 2. The summed E-state index contributed by atoms with van der Waals surface area (Å²) < 4.78 is 27.2. The van der Waals surface area contributed by atoms with Gasteiger partial charge in [0.2, 0.25) is 21.8 Å². The second-order valence-corrected chi connectivity index (χ2v) is 9.43. The standard InChI is InChI=1S/C19H19BrN4O5S/c20-14-5-1-12(2-6-14)17(18(21)26)23-19(27)13-3-7-15(8-4-13)30(28,29)24-10-9-22-16(25)11-24/h1-8,17H,9-11H2,(H2,21,26)(H,22,25)(H,23,27). The fourth-order valence-corrected chi connectivity index (χ4v) is 4.60. The highest BCUT2D eigenvalue weighted by Gasteiger charge is 2.29. The number of amides is 3. The van der Waals surface area contributed by atoms with Crippen LogP contribution in [-0.4, -0.2) is 50.1 Å². The highest BCUT2D eigenvalue weighted by molar-refractivity contribution is 9.10. The van der Waals surface area contributed by atoms with Crippen LogP contribution in [0.1, 0.15) is 22.0 Å². The van der Waals surface area contributed by atoms with E-state index >= 15 is 0 Å². The van der Waals surface area contributed by atoms with E-state index in [2.05, 4.69) is 26.6 Å². The molecular formula is C19H19BrN4O5S. The largest absolute Gasteiger partial charge is 0.368 e. The highest BCUT2D eigenvalue weighted by atomic mass is 79.9. The van der Waals surface area contributed by atoms with Crippen molar-refractivity contribution in [2.45, 2.75) is 10.9 Å². The Balaban J connectivity index is 1.76. The summed E-state index contributed by atoms with van der Waals surface area (Å²) in [6.45, 7) is 0.158. The molecule has 0 aliphatic carbocycles. The molecule has 9 nitrogen and oxygen atoms in total. The lowest BCUT2D eigenvalue weighted by molar-refractivity contribution is -0.122. The molecule has 1 unspecified atom stereocenters. The molecule has 0 radical (unpaired) electrons. The van der Waals surface area contributed by atoms with Crippen LogP contribution in [0.4, 0.5) is 0 Å². The molecule has 158 valence electrons. The second-order valence-electron chi connectivity index (χ2n) is 6.57. The van der Waals surface area contributed by atoms with Crippen LogP contribution in [0.15, 0.2) is 57.9 Å². The van der Waals surface area contributed by atoms with Crippen LogP contribution in [0.25, 0.3) is 0 Å². The molecule has 1 heterocycles. The quantitative estimate of drug-likeness (QED) is 0.537. The van der Waals surface area contributed by atoms with Crippen molar-refractivity contribution >= 4 is 43.7 Å². The number of primary amides is 1. The van der Waals surface area contributed by atoms with Crippen molar-refractivity contribution in [3.8, 4) is 0 Å². The van der Waals surface area contributed by atoms with Gasteiger partial charge in [-0.25, -0.2) is 8.42 Å². The lowest BCUT2D eigenvalue weighted by Gasteiger charge is -2.25. The molecule has 1 saturated heterocycles. The highest BCUT2D eigenvalue weighted by Crippen LogP contribution is 2.19. The minimum atomic E-state index is -3.86. The molecule has 3 amide bonds. The van der Waals surface area contributed by atoms with E-state index in [4.69, 9.17) is 5.73 Å². The molecule has 1 aliphatic rings. The van der Waals surface area contributed by atoms with E-state index in [1.165, 1.54) is 24.3 Å². The average molecular weight is 495 g/mol. The summed E-state index contributed by atoms with van der Waals surface area (Å²) in [4.78, 5) is 35.8. The summed E-state index contributed by atoms with van der Waals surface area (Å²) in [6, 6.07) is 11.0. The Morgan fingerprint density at radius 2 is 1.73 bits per heavy atom. The first-order valence-corrected chi connectivity index (χ1v) is 11.1. The van der Waals surface area contributed by atoms with Crippen molar-refractivity contribution in [1.29, 1.82) is 0 Å². The number of rotatable bonds is 6. The first-order valence-electron chi connectivity index (χ1n) is 8.91. The molecule has 1 aliphatic heterocycles. The molecule has 2 aromatic carbocycles. The molecule has 3 rings (SSSR count). The number of hydrogen-bond acceptors (Lipinski definition) is 5. The number of nitrogens with zero attached hydrogens (tertiary/aromatic N) is 1. The maximum absolute atomic E-state index is 12.7. The van der Waals surface area contributed by atoms with Crippen LogP contribution >= 0.6 is 15.9 Å². The Kier molecular flexibility index (Phi) is 6.54. The van der Waals surface area contributed by atoms with Crippen LogP contribution < -0.4 is 16.4 Å². The third kappa shape index (κ3) is 4.86. The summed E-state index contributed by atoms with van der Waals surface area (Å²) in [5.74, 6) is -1.68. The Hall–Kier alpha value is -2.76. The van der Waals surface area contributed by atoms with Gasteiger partial charge in [-0.1, -0.05) is 28.1 Å². The minimum Gasteiger partial charge on any atom is -0.368 e. The van der Waals surface area contributed by atoms with E-state index in [0.717, 1.165) is 8.78 Å². The lowest BCUT2D eigenvalue weighted by atomic mass is 10.1. The van der Waals surface area contributed by atoms with Gasteiger partial charge >= 0.3 is 0 Å². The van der Waals surface area contributed by atoms with Gasteiger partial charge in [0, 0.05) is 23.1 Å². The van der Waals surface area contributed by atoms with Crippen LogP contribution in [0.3, 0.4) is 0 Å². The van der Waals surface area contributed by atoms with Gasteiger partial charge in [0.05, 0.1) is 11.4 Å². The summed E-state index contributed by atoms with van der Waals surface area (Å²) in [7, 11) is -3.86. The van der Waals surface area contributed by atoms with Crippen molar-refractivity contribution < 1.29 is 22.8 Å². The van der Waals surface area contributed by atoms with Crippen LogP contribution in [0.5, 0.6) is 0 Å². The van der Waals surface area contributed by atoms with Crippen molar-refractivity contribution in [2.24, 2.45) is 5.73 Å². The number of halogens is 1. The van der Waals surface area contributed by atoms with E-state index < -0.39 is 27.9 Å². The number of carbonyl (C=O) groups excluding carboxylic acids is 3. The molecule has 30 heavy (non-hydrogen) atoms. The molecule has 2 aromatic rings. The third-order valence-electron chi connectivity index (χ3n) is 4.52. The van der Waals surface area contributed by atoms with Gasteiger partial charge in [0.15, 0.2) is 0 Å². The van der Waals surface area contributed by atoms with Crippen LogP contribution in [-0.2, 0) is 19.6 Å². The lowest BCUT2D eigenvalue weighted by Crippen LogP contribution is -2.49. The molecule has 1 atom stereocenters. The number of hydrogen-bond donors (Lipinski definition) is 3. The summed E-state index contributed by atoms with van der Waals surface area (Å²) in [5.41, 5.74) is 6.10. The SMILES string of the molecule is NC(=O)C(NC(=O)c1ccc(S(=O)(=O)N2CCNC(=O)C2)cc1)c1ccc(Br)cc1. The number of benzene rings is 2. The van der Waals surface area contributed by atoms with Crippen molar-refractivity contribution in [1.82, 2.24) is 14.9 Å². The number of carbonyl (C=O) groups is 3. The third-order valence-corrected chi connectivity index (χ3v) is 6.91. The molecule has 0 saturated carbocycles. The van der Waals surface area contributed by atoms with Gasteiger partial charge in [-0.05, 0) is 42.0 Å². The topological polar surface area (TPSA) is 139 Å². The molecule has 0 bridgehead atoms. The predicted octanol–water partition coefficient (Wildman–Crippen LogP) is 0.526. The Bertz CT molecular complexity index is 1070. The Morgan fingerprint density at radius 3 is 2.30 bits per heavy atom. The maximum atomic E-state index is 12.7. The molecular weight excluding hydrogens is 476 g/mol. The monoisotopic (exact) mass is 494 g/mol. The predicted molar refractivity (Wildman–Crippen MR) is 112 cm³/mol. The smallest absolute Gasteiger partial charge is 0.252 e. The van der Waals surface area contributed by atoms with Gasteiger partial charge in [0.1, 0.15) is 6.04 Å². The van der Waals surface area contributed by atoms with E-state index in [1.807, 2.05) is 0 Å². The molecule has 0 aromatic heterocycles. The van der Waals surface area contributed by atoms with Crippen LogP contribution in [0.2, 0.25) is 0 Å². The van der Waals surface area contributed by atoms with E-state index in [-0.39, 0.29) is 36.0 Å².